The lowest BCUT2D eigenvalue weighted by Gasteiger charge is -2.35. The number of carbonyl (C=O) groups excluding carboxylic acids is 1. The van der Waals surface area contributed by atoms with E-state index in [1.807, 2.05) is 24.3 Å². The molecular weight excluding hydrogens is 603 g/mol. The number of sulfone groups is 1. The topological polar surface area (TPSA) is 93.1 Å². The SMILES string of the molecule is O=C(c1ccc(Br)c(Cl)c1)N1CCS(=O)(=O)[C@](F)(c2ncc(Cc3ccccc3-c3ccncn3)s2)C1. The number of amides is 1. The van der Waals surface area contributed by atoms with Crippen LogP contribution < -0.4 is 0 Å². The van der Waals surface area contributed by atoms with Gasteiger partial charge >= 0.3 is 0 Å². The molecule has 12 heteroatoms. The highest BCUT2D eigenvalue weighted by Gasteiger charge is 2.53. The van der Waals surface area contributed by atoms with Crippen molar-refractivity contribution in [2.24, 2.45) is 0 Å². The van der Waals surface area contributed by atoms with Crippen molar-refractivity contribution in [2.75, 3.05) is 18.8 Å². The fourth-order valence-corrected chi connectivity index (χ4v) is 7.42. The number of hydrogen-bond acceptors (Lipinski definition) is 7. The Hall–Kier alpha value is -2.73. The van der Waals surface area contributed by atoms with Gasteiger partial charge in [-0.25, -0.2) is 27.8 Å². The molecular formula is C25H19BrClFN4O3S2. The number of halogens is 3. The predicted molar refractivity (Wildman–Crippen MR) is 144 cm³/mol. The van der Waals surface area contributed by atoms with Gasteiger partial charge in [0.1, 0.15) is 11.3 Å². The third-order valence-corrected chi connectivity index (χ3v) is 10.6. The van der Waals surface area contributed by atoms with E-state index in [1.54, 1.807) is 24.4 Å². The van der Waals surface area contributed by atoms with Crippen LogP contribution in [0.5, 0.6) is 0 Å². The summed E-state index contributed by atoms with van der Waals surface area (Å²) in [6.07, 6.45) is 5.02. The van der Waals surface area contributed by atoms with Gasteiger partial charge in [0.05, 0.1) is 23.0 Å². The van der Waals surface area contributed by atoms with Crippen molar-refractivity contribution in [1.82, 2.24) is 19.9 Å². The summed E-state index contributed by atoms with van der Waals surface area (Å²) in [5.74, 6) is -1.01. The van der Waals surface area contributed by atoms with E-state index in [1.165, 1.54) is 23.5 Å². The third-order valence-electron chi connectivity index (χ3n) is 6.08. The second-order valence-electron chi connectivity index (χ2n) is 8.46. The highest BCUT2D eigenvalue weighted by atomic mass is 79.9. The number of thiazole rings is 1. The van der Waals surface area contributed by atoms with Crippen molar-refractivity contribution >= 4 is 54.6 Å². The van der Waals surface area contributed by atoms with E-state index >= 15 is 4.39 Å². The molecule has 0 bridgehead atoms. The van der Waals surface area contributed by atoms with Crippen LogP contribution in [0, 0.1) is 0 Å². The molecule has 7 nitrogen and oxygen atoms in total. The Morgan fingerprint density at radius 2 is 2.00 bits per heavy atom. The quantitative estimate of drug-likeness (QED) is 0.300. The zero-order valence-corrected chi connectivity index (χ0v) is 23.1. The molecule has 0 N–H and O–H groups in total. The summed E-state index contributed by atoms with van der Waals surface area (Å²) in [6.45, 7) is -0.766. The number of aromatic nitrogens is 3. The average Bonchev–Trinajstić information content (AvgIpc) is 3.37. The molecule has 0 spiro atoms. The lowest BCUT2D eigenvalue weighted by molar-refractivity contribution is 0.0666. The second-order valence-corrected chi connectivity index (χ2v) is 13.1. The van der Waals surface area contributed by atoms with Gasteiger partial charge in [0.15, 0.2) is 9.84 Å². The van der Waals surface area contributed by atoms with E-state index in [0.717, 1.165) is 28.2 Å². The average molecular weight is 622 g/mol. The van der Waals surface area contributed by atoms with Crippen molar-refractivity contribution < 1.29 is 17.6 Å². The van der Waals surface area contributed by atoms with Gasteiger partial charge in [-0.05, 0) is 45.8 Å². The predicted octanol–water partition coefficient (Wildman–Crippen LogP) is 5.30. The molecule has 4 aromatic rings. The molecule has 2 aromatic carbocycles. The molecule has 1 amide bonds. The standard InChI is InChI=1S/C25H19BrClFN4O3S2/c26-20-6-5-17(12-21(20)27)23(33)32-9-10-37(34,35)25(28,14-32)24-30-13-18(36-24)11-16-3-1-2-4-19(16)22-7-8-29-15-31-22/h1-8,12-13,15H,9-11,14H2/t25-/m0/s1. The van der Waals surface area contributed by atoms with Crippen LogP contribution in [0.15, 0.2) is 71.7 Å². The van der Waals surface area contributed by atoms with Gasteiger partial charge < -0.3 is 4.90 Å². The van der Waals surface area contributed by atoms with Crippen LogP contribution in [0.3, 0.4) is 0 Å². The van der Waals surface area contributed by atoms with Crippen molar-refractivity contribution in [3.05, 3.63) is 97.8 Å². The number of benzene rings is 2. The minimum atomic E-state index is -4.21. The molecule has 1 saturated heterocycles. The molecule has 1 atom stereocenters. The molecule has 1 fully saturated rings. The van der Waals surface area contributed by atoms with Crippen LogP contribution in [0.4, 0.5) is 4.39 Å². The normalized spacial score (nSPS) is 19.1. The van der Waals surface area contributed by atoms with Crippen LogP contribution in [0.2, 0.25) is 5.02 Å². The first-order chi connectivity index (χ1) is 17.7. The van der Waals surface area contributed by atoms with E-state index < -0.39 is 33.0 Å². The number of carbonyl (C=O) groups is 1. The molecule has 0 radical (unpaired) electrons. The van der Waals surface area contributed by atoms with Gasteiger partial charge in [-0.2, -0.15) is 0 Å². The number of nitrogens with zero attached hydrogens (tertiary/aromatic N) is 4. The lowest BCUT2D eigenvalue weighted by Crippen LogP contribution is -2.53. The van der Waals surface area contributed by atoms with Gasteiger partial charge in [0.25, 0.3) is 10.9 Å². The van der Waals surface area contributed by atoms with Crippen LogP contribution in [0.25, 0.3) is 11.3 Å². The Morgan fingerprint density at radius 1 is 1.19 bits per heavy atom. The Bertz CT molecular complexity index is 1590. The summed E-state index contributed by atoms with van der Waals surface area (Å²) in [4.78, 5) is 27.4. The maximum absolute atomic E-state index is 16.4. The van der Waals surface area contributed by atoms with E-state index in [-0.39, 0.29) is 17.1 Å². The largest absolute Gasteiger partial charge is 0.333 e. The molecule has 5 rings (SSSR count). The van der Waals surface area contributed by atoms with Gasteiger partial charge in [-0.1, -0.05) is 35.9 Å². The van der Waals surface area contributed by atoms with Gasteiger partial charge in [-0.15, -0.1) is 11.3 Å². The van der Waals surface area contributed by atoms with E-state index in [4.69, 9.17) is 11.6 Å². The first kappa shape index (κ1) is 25.9. The van der Waals surface area contributed by atoms with Crippen LogP contribution in [0.1, 0.15) is 25.8 Å². The highest BCUT2D eigenvalue weighted by Crippen LogP contribution is 2.40. The Labute approximate surface area is 230 Å². The molecule has 0 aliphatic carbocycles. The third kappa shape index (κ3) is 5.05. The monoisotopic (exact) mass is 620 g/mol. The van der Waals surface area contributed by atoms with E-state index in [0.29, 0.717) is 20.8 Å². The maximum atomic E-state index is 16.4. The Balaban J connectivity index is 1.42. The molecule has 190 valence electrons. The summed E-state index contributed by atoms with van der Waals surface area (Å²) in [5.41, 5.74) is 2.81. The summed E-state index contributed by atoms with van der Waals surface area (Å²) in [6, 6.07) is 14.1. The summed E-state index contributed by atoms with van der Waals surface area (Å²) in [5, 5.41) is -2.67. The Kier molecular flexibility index (Phi) is 7.14. The van der Waals surface area contributed by atoms with Gasteiger partial charge in [0.2, 0.25) is 0 Å². The molecule has 1 aliphatic rings. The molecule has 37 heavy (non-hydrogen) atoms. The van der Waals surface area contributed by atoms with Crippen molar-refractivity contribution in [2.45, 2.75) is 11.4 Å². The highest BCUT2D eigenvalue weighted by molar-refractivity contribution is 9.10. The fourth-order valence-electron chi connectivity index (χ4n) is 4.12. The summed E-state index contributed by atoms with van der Waals surface area (Å²) in [7, 11) is -4.21. The second kappa shape index (κ2) is 10.2. The van der Waals surface area contributed by atoms with Crippen molar-refractivity contribution in [3.63, 3.8) is 0 Å². The Morgan fingerprint density at radius 3 is 2.76 bits per heavy atom. The molecule has 1 aliphatic heterocycles. The first-order valence-corrected chi connectivity index (χ1v) is 14.8. The van der Waals surface area contributed by atoms with Crippen LogP contribution in [-0.4, -0.2) is 53.0 Å². The lowest BCUT2D eigenvalue weighted by atomic mass is 10.0. The van der Waals surface area contributed by atoms with Crippen LogP contribution >= 0.6 is 38.9 Å². The minimum Gasteiger partial charge on any atom is -0.333 e. The maximum Gasteiger partial charge on any atom is 0.278 e. The number of hydrogen-bond donors (Lipinski definition) is 0. The molecule has 0 saturated carbocycles. The first-order valence-electron chi connectivity index (χ1n) is 11.1. The van der Waals surface area contributed by atoms with Gasteiger partial charge in [-0.3, -0.25) is 4.79 Å². The molecule has 3 heterocycles. The molecule has 2 aromatic heterocycles. The van der Waals surface area contributed by atoms with Crippen molar-refractivity contribution in [1.29, 1.82) is 0 Å². The van der Waals surface area contributed by atoms with E-state index in [9.17, 15) is 13.2 Å². The zero-order chi connectivity index (χ0) is 26.2. The summed E-state index contributed by atoms with van der Waals surface area (Å²) >= 11 is 10.4. The summed E-state index contributed by atoms with van der Waals surface area (Å²) < 4.78 is 42.8. The van der Waals surface area contributed by atoms with E-state index in [2.05, 4.69) is 30.9 Å². The number of alkyl halides is 1. The van der Waals surface area contributed by atoms with Gasteiger partial charge in [0, 0.05) is 45.8 Å². The fraction of sp³-hybridized carbons (Fsp3) is 0.200. The number of rotatable bonds is 5. The zero-order valence-electron chi connectivity index (χ0n) is 19.1. The molecule has 0 unspecified atom stereocenters. The van der Waals surface area contributed by atoms with Crippen LogP contribution in [-0.2, 0) is 21.3 Å². The van der Waals surface area contributed by atoms with Crippen molar-refractivity contribution in [3.8, 4) is 11.3 Å². The minimum absolute atomic E-state index is 0.120. The smallest absolute Gasteiger partial charge is 0.278 e.